The predicted octanol–water partition coefficient (Wildman–Crippen LogP) is 3.69. The lowest BCUT2D eigenvalue weighted by atomic mass is 10.1. The number of ether oxygens (including phenoxy) is 2. The van der Waals surface area contributed by atoms with Crippen molar-refractivity contribution in [3.63, 3.8) is 0 Å². The average molecular weight is 282 g/mol. The molecule has 3 rings (SSSR count). The van der Waals surface area contributed by atoms with E-state index in [4.69, 9.17) is 9.47 Å². The second-order valence-corrected chi connectivity index (χ2v) is 5.07. The Morgan fingerprint density at radius 3 is 2.71 bits per heavy atom. The second kappa shape index (κ2) is 5.58. The largest absolute Gasteiger partial charge is 0.496 e. The maximum atomic E-state index is 5.35. The van der Waals surface area contributed by atoms with Crippen LogP contribution in [-0.2, 0) is 11.3 Å². The Balaban J connectivity index is 2.07. The van der Waals surface area contributed by atoms with Crippen molar-refractivity contribution in [2.75, 3.05) is 14.2 Å². The third-order valence-electron chi connectivity index (χ3n) is 3.49. The van der Waals surface area contributed by atoms with Gasteiger partial charge in [0.2, 0.25) is 0 Å². The zero-order valence-corrected chi connectivity index (χ0v) is 12.4. The van der Waals surface area contributed by atoms with Gasteiger partial charge in [-0.25, -0.2) is 4.98 Å². The summed E-state index contributed by atoms with van der Waals surface area (Å²) in [5.41, 5.74) is 5.27. The van der Waals surface area contributed by atoms with E-state index in [1.165, 1.54) is 5.56 Å². The quantitative estimate of drug-likeness (QED) is 0.793. The topological polar surface area (TPSA) is 47.1 Å². The van der Waals surface area contributed by atoms with Crippen molar-refractivity contribution < 1.29 is 9.47 Å². The van der Waals surface area contributed by atoms with Crippen LogP contribution in [0, 0.1) is 6.92 Å². The van der Waals surface area contributed by atoms with Crippen molar-refractivity contribution in [2.24, 2.45) is 0 Å². The molecule has 1 aromatic heterocycles. The van der Waals surface area contributed by atoms with Gasteiger partial charge < -0.3 is 14.5 Å². The van der Waals surface area contributed by atoms with Crippen molar-refractivity contribution >= 4 is 11.0 Å². The number of fused-ring (bicyclic) bond motifs is 1. The first-order valence-corrected chi connectivity index (χ1v) is 6.84. The molecule has 0 radical (unpaired) electrons. The van der Waals surface area contributed by atoms with Crippen molar-refractivity contribution in [3.05, 3.63) is 47.5 Å². The number of hydrogen-bond acceptors (Lipinski definition) is 3. The minimum Gasteiger partial charge on any atom is -0.496 e. The molecule has 0 amide bonds. The number of nitrogens with one attached hydrogen (secondary N) is 1. The van der Waals surface area contributed by atoms with Crippen LogP contribution in [0.25, 0.3) is 22.4 Å². The number of aryl methyl sites for hydroxylation is 1. The zero-order valence-electron chi connectivity index (χ0n) is 12.4. The van der Waals surface area contributed by atoms with E-state index in [1.54, 1.807) is 14.2 Å². The van der Waals surface area contributed by atoms with Gasteiger partial charge in [0.25, 0.3) is 0 Å². The summed E-state index contributed by atoms with van der Waals surface area (Å²) in [5, 5.41) is 0. The van der Waals surface area contributed by atoms with Crippen molar-refractivity contribution in [1.29, 1.82) is 0 Å². The summed E-state index contributed by atoms with van der Waals surface area (Å²) >= 11 is 0. The standard InChI is InChI=1S/C17H18N2O2/c1-11-4-6-14-15(8-11)19-17(18-14)12-5-7-16(21-3)13(9-12)10-20-2/h4-9H,10H2,1-3H3,(H,18,19). The maximum Gasteiger partial charge on any atom is 0.138 e. The van der Waals surface area contributed by atoms with Gasteiger partial charge in [-0.3, -0.25) is 0 Å². The van der Waals surface area contributed by atoms with Gasteiger partial charge in [0.05, 0.1) is 24.8 Å². The Bertz CT molecular complexity index is 778. The van der Waals surface area contributed by atoms with Gasteiger partial charge >= 0.3 is 0 Å². The van der Waals surface area contributed by atoms with E-state index in [2.05, 4.69) is 29.0 Å². The highest BCUT2D eigenvalue weighted by molar-refractivity contribution is 5.80. The van der Waals surface area contributed by atoms with Crippen molar-refractivity contribution in [3.8, 4) is 17.1 Å². The van der Waals surface area contributed by atoms with E-state index in [9.17, 15) is 0 Å². The lowest BCUT2D eigenvalue weighted by Gasteiger charge is -2.09. The fraction of sp³-hybridized carbons (Fsp3) is 0.235. The summed E-state index contributed by atoms with van der Waals surface area (Å²) in [7, 11) is 3.34. The minimum atomic E-state index is 0.510. The molecular formula is C17H18N2O2. The molecule has 4 nitrogen and oxygen atoms in total. The summed E-state index contributed by atoms with van der Waals surface area (Å²) in [6.07, 6.45) is 0. The Labute approximate surface area is 123 Å². The van der Waals surface area contributed by atoms with Crippen LogP contribution in [0.4, 0.5) is 0 Å². The number of benzene rings is 2. The molecule has 1 heterocycles. The highest BCUT2D eigenvalue weighted by Gasteiger charge is 2.09. The highest BCUT2D eigenvalue weighted by atomic mass is 16.5. The SMILES string of the molecule is COCc1cc(-c2nc3ccc(C)cc3[nH]2)ccc1OC. The Kier molecular flexibility index (Phi) is 3.62. The van der Waals surface area contributed by atoms with Crippen LogP contribution >= 0.6 is 0 Å². The summed E-state index contributed by atoms with van der Waals surface area (Å²) in [6, 6.07) is 12.2. The predicted molar refractivity (Wildman–Crippen MR) is 83.5 cm³/mol. The molecule has 3 aromatic rings. The molecule has 4 heteroatoms. The molecule has 0 fully saturated rings. The zero-order chi connectivity index (χ0) is 14.8. The van der Waals surface area contributed by atoms with E-state index in [0.717, 1.165) is 33.7 Å². The molecule has 0 aliphatic heterocycles. The Morgan fingerprint density at radius 2 is 1.95 bits per heavy atom. The van der Waals surface area contributed by atoms with Gasteiger partial charge in [-0.15, -0.1) is 0 Å². The summed E-state index contributed by atoms with van der Waals surface area (Å²) in [4.78, 5) is 8.01. The average Bonchev–Trinajstić information content (AvgIpc) is 2.90. The normalized spacial score (nSPS) is 11.0. The van der Waals surface area contributed by atoms with Gasteiger partial charge in [0, 0.05) is 18.2 Å². The molecule has 0 saturated heterocycles. The van der Waals surface area contributed by atoms with E-state index in [0.29, 0.717) is 6.61 Å². The first kappa shape index (κ1) is 13.6. The number of methoxy groups -OCH3 is 2. The third kappa shape index (κ3) is 2.62. The van der Waals surface area contributed by atoms with E-state index >= 15 is 0 Å². The number of rotatable bonds is 4. The Hall–Kier alpha value is -2.33. The van der Waals surface area contributed by atoms with Crippen molar-refractivity contribution in [2.45, 2.75) is 13.5 Å². The molecule has 0 saturated carbocycles. The van der Waals surface area contributed by atoms with E-state index in [1.807, 2.05) is 24.3 Å². The van der Waals surface area contributed by atoms with Crippen LogP contribution in [0.5, 0.6) is 5.75 Å². The number of aromatic amines is 1. The molecule has 0 aliphatic carbocycles. The molecule has 0 bridgehead atoms. The number of imidazole rings is 1. The maximum absolute atomic E-state index is 5.35. The van der Waals surface area contributed by atoms with Crippen molar-refractivity contribution in [1.82, 2.24) is 9.97 Å². The van der Waals surface area contributed by atoms with Gasteiger partial charge in [0.1, 0.15) is 11.6 Å². The molecule has 0 aliphatic rings. The monoisotopic (exact) mass is 282 g/mol. The van der Waals surface area contributed by atoms with Crippen LogP contribution in [0.2, 0.25) is 0 Å². The number of H-pyrrole nitrogens is 1. The number of nitrogens with zero attached hydrogens (tertiary/aromatic N) is 1. The summed E-state index contributed by atoms with van der Waals surface area (Å²) in [6.45, 7) is 2.58. The molecule has 108 valence electrons. The molecule has 1 N–H and O–H groups in total. The summed E-state index contributed by atoms with van der Waals surface area (Å²) in [5.74, 6) is 1.68. The van der Waals surface area contributed by atoms with Crippen LogP contribution in [0.1, 0.15) is 11.1 Å². The van der Waals surface area contributed by atoms with Crippen LogP contribution in [0.3, 0.4) is 0 Å². The van der Waals surface area contributed by atoms with Crippen LogP contribution < -0.4 is 4.74 Å². The number of hydrogen-bond donors (Lipinski definition) is 1. The van der Waals surface area contributed by atoms with Crippen LogP contribution in [0.15, 0.2) is 36.4 Å². The first-order chi connectivity index (χ1) is 10.2. The second-order valence-electron chi connectivity index (χ2n) is 5.07. The van der Waals surface area contributed by atoms with Gasteiger partial charge in [-0.2, -0.15) is 0 Å². The van der Waals surface area contributed by atoms with Gasteiger partial charge in [-0.1, -0.05) is 6.07 Å². The first-order valence-electron chi connectivity index (χ1n) is 6.84. The molecule has 0 atom stereocenters. The molecule has 21 heavy (non-hydrogen) atoms. The molecule has 0 unspecified atom stereocenters. The number of aromatic nitrogens is 2. The minimum absolute atomic E-state index is 0.510. The van der Waals surface area contributed by atoms with Gasteiger partial charge in [-0.05, 0) is 42.8 Å². The van der Waals surface area contributed by atoms with E-state index in [-0.39, 0.29) is 0 Å². The third-order valence-corrected chi connectivity index (χ3v) is 3.49. The lowest BCUT2D eigenvalue weighted by molar-refractivity contribution is 0.181. The van der Waals surface area contributed by atoms with E-state index < -0.39 is 0 Å². The molecular weight excluding hydrogens is 264 g/mol. The molecule has 2 aromatic carbocycles. The van der Waals surface area contributed by atoms with Crippen LogP contribution in [-0.4, -0.2) is 24.2 Å². The van der Waals surface area contributed by atoms with Gasteiger partial charge in [0.15, 0.2) is 0 Å². The lowest BCUT2D eigenvalue weighted by Crippen LogP contribution is -1.95. The fourth-order valence-corrected chi connectivity index (χ4v) is 2.45. The summed E-state index contributed by atoms with van der Waals surface area (Å²) < 4.78 is 10.6. The Morgan fingerprint density at radius 1 is 1.10 bits per heavy atom. The molecule has 0 spiro atoms. The fourth-order valence-electron chi connectivity index (χ4n) is 2.45. The highest BCUT2D eigenvalue weighted by Crippen LogP contribution is 2.27. The smallest absolute Gasteiger partial charge is 0.138 e.